The number of halogens is 4. The Morgan fingerprint density at radius 2 is 1.81 bits per heavy atom. The topological polar surface area (TPSA) is 68.5 Å². The van der Waals surface area contributed by atoms with Crippen LogP contribution in [0.25, 0.3) is 16.9 Å². The first-order chi connectivity index (χ1) is 15.3. The van der Waals surface area contributed by atoms with Crippen LogP contribution in [-0.4, -0.2) is 27.6 Å². The molecule has 6 nitrogen and oxygen atoms in total. The number of ether oxygens (including phenoxy) is 1. The van der Waals surface area contributed by atoms with E-state index in [1.54, 1.807) is 48.5 Å². The van der Waals surface area contributed by atoms with Gasteiger partial charge in [-0.2, -0.15) is 18.3 Å². The van der Waals surface area contributed by atoms with Crippen molar-refractivity contribution in [1.82, 2.24) is 19.9 Å². The zero-order valence-electron chi connectivity index (χ0n) is 16.7. The second-order valence-electron chi connectivity index (χ2n) is 6.82. The second kappa shape index (κ2) is 8.51. The van der Waals surface area contributed by atoms with Crippen LogP contribution in [0.1, 0.15) is 21.7 Å². The van der Waals surface area contributed by atoms with Crippen LogP contribution in [0.15, 0.2) is 60.7 Å². The lowest BCUT2D eigenvalue weighted by Gasteiger charge is -2.11. The number of fused-ring (bicyclic) bond motifs is 1. The number of amides is 1. The molecule has 2 aromatic carbocycles. The number of carbonyl (C=O) groups is 1. The summed E-state index contributed by atoms with van der Waals surface area (Å²) in [5.41, 5.74) is -0.435. The van der Waals surface area contributed by atoms with Crippen LogP contribution in [-0.2, 0) is 12.7 Å². The lowest BCUT2D eigenvalue weighted by atomic mass is 10.1. The third kappa shape index (κ3) is 4.24. The Morgan fingerprint density at radius 3 is 2.44 bits per heavy atom. The zero-order valence-corrected chi connectivity index (χ0v) is 17.4. The smallest absolute Gasteiger partial charge is 0.433 e. The van der Waals surface area contributed by atoms with Gasteiger partial charge in [0.15, 0.2) is 17.0 Å². The van der Waals surface area contributed by atoms with Gasteiger partial charge in [-0.05, 0) is 35.9 Å². The van der Waals surface area contributed by atoms with Crippen molar-refractivity contribution in [2.45, 2.75) is 12.7 Å². The Morgan fingerprint density at radius 1 is 1.12 bits per heavy atom. The van der Waals surface area contributed by atoms with Gasteiger partial charge in [-0.15, -0.1) is 0 Å². The van der Waals surface area contributed by atoms with Gasteiger partial charge in [-0.25, -0.2) is 9.50 Å². The fourth-order valence-electron chi connectivity index (χ4n) is 3.11. The molecule has 164 valence electrons. The second-order valence-corrected chi connectivity index (χ2v) is 7.20. The van der Waals surface area contributed by atoms with E-state index < -0.39 is 17.8 Å². The molecule has 10 heteroatoms. The average Bonchev–Trinajstić information content (AvgIpc) is 3.13. The summed E-state index contributed by atoms with van der Waals surface area (Å²) in [6.45, 7) is 0.167. The largest absolute Gasteiger partial charge is 0.497 e. The number of methoxy groups -OCH3 is 1. The molecule has 32 heavy (non-hydrogen) atoms. The summed E-state index contributed by atoms with van der Waals surface area (Å²) in [6, 6.07) is 16.3. The summed E-state index contributed by atoms with van der Waals surface area (Å²) in [7, 11) is 1.48. The maximum Gasteiger partial charge on any atom is 0.433 e. The molecule has 0 unspecified atom stereocenters. The predicted molar refractivity (Wildman–Crippen MR) is 113 cm³/mol. The fraction of sp³-hybridized carbons (Fsp3) is 0.136. The van der Waals surface area contributed by atoms with E-state index in [1.165, 1.54) is 7.11 Å². The van der Waals surface area contributed by atoms with Crippen molar-refractivity contribution >= 4 is 23.2 Å². The minimum atomic E-state index is -4.75. The van der Waals surface area contributed by atoms with E-state index in [-0.39, 0.29) is 28.6 Å². The molecule has 2 aromatic heterocycles. The van der Waals surface area contributed by atoms with E-state index >= 15 is 0 Å². The van der Waals surface area contributed by atoms with Crippen molar-refractivity contribution in [3.8, 4) is 17.0 Å². The molecule has 0 aliphatic rings. The Balaban J connectivity index is 1.76. The quantitative estimate of drug-likeness (QED) is 0.454. The Hall–Kier alpha value is -3.59. The number of nitrogens with one attached hydrogen (secondary N) is 1. The van der Waals surface area contributed by atoms with Crippen LogP contribution in [0.4, 0.5) is 13.2 Å². The first-order valence-electron chi connectivity index (χ1n) is 9.41. The lowest BCUT2D eigenvalue weighted by molar-refractivity contribution is -0.142. The number of nitrogens with zero attached hydrogens (tertiary/aromatic N) is 3. The van der Waals surface area contributed by atoms with Gasteiger partial charge < -0.3 is 10.1 Å². The van der Waals surface area contributed by atoms with E-state index in [9.17, 15) is 18.0 Å². The van der Waals surface area contributed by atoms with E-state index in [4.69, 9.17) is 16.3 Å². The molecule has 0 radical (unpaired) electrons. The standard InChI is InChI=1S/C22H16ClF3N4O2/c1-32-15-9-7-14(8-10-15)16-11-17(22(24,25)26)30-20(28-16)18(23)19(29-30)21(31)27-12-13-5-3-2-4-6-13/h2-11H,12H2,1H3,(H,27,31). The normalized spacial score (nSPS) is 11.5. The number of hydrogen-bond donors (Lipinski definition) is 1. The van der Waals surface area contributed by atoms with E-state index in [1.807, 2.05) is 6.07 Å². The molecule has 0 saturated heterocycles. The number of benzene rings is 2. The number of aromatic nitrogens is 3. The lowest BCUT2D eigenvalue weighted by Crippen LogP contribution is -2.23. The SMILES string of the molecule is COc1ccc(-c2cc(C(F)(F)F)n3nc(C(=O)NCc4ccccc4)c(Cl)c3n2)cc1. The first-order valence-corrected chi connectivity index (χ1v) is 9.78. The molecule has 0 fully saturated rings. The first kappa shape index (κ1) is 21.6. The molecule has 1 amide bonds. The Bertz CT molecular complexity index is 1270. The van der Waals surface area contributed by atoms with Crippen molar-refractivity contribution in [1.29, 1.82) is 0 Å². The van der Waals surface area contributed by atoms with Gasteiger partial charge in [0.05, 0.1) is 12.8 Å². The predicted octanol–water partition coefficient (Wildman–Crippen LogP) is 5.01. The van der Waals surface area contributed by atoms with Gasteiger partial charge in [0.1, 0.15) is 10.8 Å². The molecule has 0 aliphatic carbocycles. The van der Waals surface area contributed by atoms with Gasteiger partial charge in [0.25, 0.3) is 5.91 Å². The number of hydrogen-bond acceptors (Lipinski definition) is 4. The summed E-state index contributed by atoms with van der Waals surface area (Å²) in [4.78, 5) is 16.8. The molecule has 0 aliphatic heterocycles. The maximum absolute atomic E-state index is 13.8. The van der Waals surface area contributed by atoms with E-state index in [0.717, 1.165) is 11.6 Å². The Kier molecular flexibility index (Phi) is 5.75. The van der Waals surface area contributed by atoms with Crippen molar-refractivity contribution in [2.24, 2.45) is 0 Å². The third-order valence-corrected chi connectivity index (χ3v) is 5.07. The highest BCUT2D eigenvalue weighted by Gasteiger charge is 2.36. The number of alkyl halides is 3. The van der Waals surface area contributed by atoms with Crippen molar-refractivity contribution in [3.63, 3.8) is 0 Å². The van der Waals surface area contributed by atoms with Crippen molar-refractivity contribution in [2.75, 3.05) is 7.11 Å². The van der Waals surface area contributed by atoms with Gasteiger partial charge in [0, 0.05) is 12.1 Å². The minimum absolute atomic E-state index is 0.0329. The van der Waals surface area contributed by atoms with E-state index in [2.05, 4.69) is 15.4 Å². The summed E-state index contributed by atoms with van der Waals surface area (Å²) in [5, 5.41) is 6.17. The fourth-order valence-corrected chi connectivity index (χ4v) is 3.36. The van der Waals surface area contributed by atoms with Gasteiger partial charge in [0.2, 0.25) is 0 Å². The molecule has 1 N–H and O–H groups in total. The van der Waals surface area contributed by atoms with Crippen molar-refractivity contribution < 1.29 is 22.7 Å². The molecule has 2 heterocycles. The minimum Gasteiger partial charge on any atom is -0.497 e. The average molecular weight is 461 g/mol. The number of carbonyl (C=O) groups excluding carboxylic acids is 1. The molecule has 0 spiro atoms. The van der Waals surface area contributed by atoms with Crippen LogP contribution in [0.2, 0.25) is 5.02 Å². The molecule has 4 rings (SSSR count). The maximum atomic E-state index is 13.8. The Labute approximate surface area is 185 Å². The molecule has 0 saturated carbocycles. The van der Waals surface area contributed by atoms with Crippen LogP contribution in [0, 0.1) is 0 Å². The summed E-state index contributed by atoms with van der Waals surface area (Å²) < 4.78 is 47.0. The highest BCUT2D eigenvalue weighted by molar-refractivity contribution is 6.36. The summed E-state index contributed by atoms with van der Waals surface area (Å²) in [5.74, 6) is -0.158. The van der Waals surface area contributed by atoms with Crippen LogP contribution < -0.4 is 10.1 Å². The summed E-state index contributed by atoms with van der Waals surface area (Å²) in [6.07, 6.45) is -4.75. The van der Waals surface area contributed by atoms with Crippen molar-refractivity contribution in [3.05, 3.63) is 82.6 Å². The van der Waals surface area contributed by atoms with Crippen LogP contribution >= 0.6 is 11.6 Å². The van der Waals surface area contributed by atoms with Gasteiger partial charge in [-0.1, -0.05) is 41.9 Å². The zero-order chi connectivity index (χ0) is 22.9. The molecule has 0 bridgehead atoms. The highest BCUT2D eigenvalue weighted by Crippen LogP contribution is 2.34. The highest BCUT2D eigenvalue weighted by atomic mass is 35.5. The molecular formula is C22H16ClF3N4O2. The third-order valence-electron chi connectivity index (χ3n) is 4.72. The molecular weight excluding hydrogens is 445 g/mol. The van der Waals surface area contributed by atoms with E-state index in [0.29, 0.717) is 15.8 Å². The summed E-state index contributed by atoms with van der Waals surface area (Å²) >= 11 is 6.27. The van der Waals surface area contributed by atoms with Gasteiger partial charge >= 0.3 is 6.18 Å². The molecule has 0 atom stereocenters. The number of rotatable bonds is 5. The monoisotopic (exact) mass is 460 g/mol. The van der Waals surface area contributed by atoms with Crippen LogP contribution in [0.3, 0.4) is 0 Å². The van der Waals surface area contributed by atoms with Crippen LogP contribution in [0.5, 0.6) is 5.75 Å². The van der Waals surface area contributed by atoms with Gasteiger partial charge in [-0.3, -0.25) is 4.79 Å². The molecule has 4 aromatic rings.